The first-order chi connectivity index (χ1) is 7.66. The SMILES string of the molecule is Nc1[nH]ncc1C(=O)Nc1ccc(O)cc1. The zero-order valence-electron chi connectivity index (χ0n) is 8.27. The normalized spacial score (nSPS) is 10.0. The molecule has 0 bridgehead atoms. The molecule has 5 N–H and O–H groups in total. The van der Waals surface area contributed by atoms with Crippen molar-refractivity contribution in [1.82, 2.24) is 10.2 Å². The van der Waals surface area contributed by atoms with Crippen LogP contribution in [0.15, 0.2) is 30.5 Å². The molecule has 0 saturated heterocycles. The molecule has 6 nitrogen and oxygen atoms in total. The highest BCUT2D eigenvalue weighted by Gasteiger charge is 2.11. The van der Waals surface area contributed by atoms with Gasteiger partial charge in [-0.15, -0.1) is 0 Å². The minimum atomic E-state index is -0.350. The molecule has 82 valence electrons. The van der Waals surface area contributed by atoms with E-state index in [4.69, 9.17) is 10.8 Å². The van der Waals surface area contributed by atoms with Crippen LogP contribution in [0.4, 0.5) is 11.5 Å². The van der Waals surface area contributed by atoms with Gasteiger partial charge in [0.25, 0.3) is 5.91 Å². The summed E-state index contributed by atoms with van der Waals surface area (Å²) >= 11 is 0. The van der Waals surface area contributed by atoms with Crippen LogP contribution in [0.1, 0.15) is 10.4 Å². The summed E-state index contributed by atoms with van der Waals surface area (Å²) in [7, 11) is 0. The molecule has 0 unspecified atom stereocenters. The van der Waals surface area contributed by atoms with Crippen molar-refractivity contribution in [2.75, 3.05) is 11.1 Å². The smallest absolute Gasteiger partial charge is 0.261 e. The second-order valence-corrected chi connectivity index (χ2v) is 3.20. The lowest BCUT2D eigenvalue weighted by atomic mass is 10.2. The van der Waals surface area contributed by atoms with E-state index in [0.717, 1.165) is 0 Å². The maximum atomic E-state index is 11.7. The maximum Gasteiger partial charge on any atom is 0.261 e. The van der Waals surface area contributed by atoms with Crippen molar-refractivity contribution in [2.24, 2.45) is 0 Å². The zero-order valence-corrected chi connectivity index (χ0v) is 8.27. The molecule has 16 heavy (non-hydrogen) atoms. The fourth-order valence-electron chi connectivity index (χ4n) is 1.22. The first kappa shape index (κ1) is 10.0. The summed E-state index contributed by atoms with van der Waals surface area (Å²) in [6.07, 6.45) is 1.35. The molecular formula is C10H10N4O2. The van der Waals surface area contributed by atoms with Crippen LogP contribution in [0, 0.1) is 0 Å². The number of rotatable bonds is 2. The second kappa shape index (κ2) is 3.93. The Balaban J connectivity index is 2.14. The van der Waals surface area contributed by atoms with E-state index in [1.54, 1.807) is 12.1 Å². The molecule has 2 rings (SSSR count). The van der Waals surface area contributed by atoms with Crippen LogP contribution < -0.4 is 11.1 Å². The molecule has 0 aliphatic carbocycles. The van der Waals surface area contributed by atoms with Crippen LogP contribution in [0.2, 0.25) is 0 Å². The summed E-state index contributed by atoms with van der Waals surface area (Å²) in [4.78, 5) is 11.7. The van der Waals surface area contributed by atoms with E-state index >= 15 is 0 Å². The summed E-state index contributed by atoms with van der Waals surface area (Å²) in [6.45, 7) is 0. The number of nitrogens with zero attached hydrogens (tertiary/aromatic N) is 1. The highest BCUT2D eigenvalue weighted by atomic mass is 16.3. The van der Waals surface area contributed by atoms with E-state index in [1.807, 2.05) is 0 Å². The minimum Gasteiger partial charge on any atom is -0.508 e. The fraction of sp³-hybridized carbons (Fsp3) is 0. The molecule has 0 radical (unpaired) electrons. The molecule has 0 aliphatic rings. The van der Waals surface area contributed by atoms with E-state index in [1.165, 1.54) is 18.3 Å². The number of anilines is 2. The Labute approximate surface area is 91.1 Å². The lowest BCUT2D eigenvalue weighted by Crippen LogP contribution is -2.12. The van der Waals surface area contributed by atoms with Gasteiger partial charge in [-0.05, 0) is 24.3 Å². The van der Waals surface area contributed by atoms with Gasteiger partial charge >= 0.3 is 0 Å². The van der Waals surface area contributed by atoms with Crippen molar-refractivity contribution in [3.8, 4) is 5.75 Å². The number of phenols is 1. The third-order valence-electron chi connectivity index (χ3n) is 2.04. The molecule has 1 heterocycles. The number of phenolic OH excluding ortho intramolecular Hbond substituents is 1. The number of H-pyrrole nitrogens is 1. The average molecular weight is 218 g/mol. The largest absolute Gasteiger partial charge is 0.508 e. The third kappa shape index (κ3) is 1.95. The Morgan fingerprint density at radius 3 is 2.62 bits per heavy atom. The molecule has 0 fully saturated rings. The van der Waals surface area contributed by atoms with Crippen molar-refractivity contribution in [3.63, 3.8) is 0 Å². The van der Waals surface area contributed by atoms with Crippen LogP contribution in [-0.2, 0) is 0 Å². The van der Waals surface area contributed by atoms with Crippen LogP contribution in [0.3, 0.4) is 0 Å². The van der Waals surface area contributed by atoms with Crippen molar-refractivity contribution < 1.29 is 9.90 Å². The molecule has 6 heteroatoms. The Morgan fingerprint density at radius 1 is 1.38 bits per heavy atom. The van der Waals surface area contributed by atoms with Gasteiger partial charge in [0, 0.05) is 5.69 Å². The van der Waals surface area contributed by atoms with E-state index in [-0.39, 0.29) is 23.0 Å². The molecule has 2 aromatic rings. The number of carbonyl (C=O) groups excluding carboxylic acids is 1. The number of carbonyl (C=O) groups is 1. The number of hydrogen-bond donors (Lipinski definition) is 4. The third-order valence-corrected chi connectivity index (χ3v) is 2.04. The van der Waals surface area contributed by atoms with Gasteiger partial charge in [-0.25, -0.2) is 0 Å². The number of benzene rings is 1. The minimum absolute atomic E-state index is 0.140. The lowest BCUT2D eigenvalue weighted by Gasteiger charge is -2.03. The number of aromatic hydroxyl groups is 1. The molecular weight excluding hydrogens is 208 g/mol. The van der Waals surface area contributed by atoms with Crippen molar-refractivity contribution in [3.05, 3.63) is 36.0 Å². The monoisotopic (exact) mass is 218 g/mol. The molecule has 0 saturated carbocycles. The van der Waals surface area contributed by atoms with E-state index < -0.39 is 0 Å². The molecule has 1 aromatic heterocycles. The fourth-order valence-corrected chi connectivity index (χ4v) is 1.22. The number of nitrogens with one attached hydrogen (secondary N) is 2. The van der Waals surface area contributed by atoms with E-state index in [2.05, 4.69) is 15.5 Å². The van der Waals surface area contributed by atoms with E-state index in [0.29, 0.717) is 5.69 Å². The summed E-state index contributed by atoms with van der Waals surface area (Å²) in [5.41, 5.74) is 6.36. The van der Waals surface area contributed by atoms with Crippen molar-refractivity contribution in [1.29, 1.82) is 0 Å². The predicted molar refractivity (Wildman–Crippen MR) is 59.1 cm³/mol. The molecule has 1 amide bonds. The van der Waals surface area contributed by atoms with Gasteiger partial charge < -0.3 is 16.2 Å². The Morgan fingerprint density at radius 2 is 2.06 bits per heavy atom. The highest BCUT2D eigenvalue weighted by molar-refractivity contribution is 6.07. The Hall–Kier alpha value is -2.50. The number of hydrogen-bond acceptors (Lipinski definition) is 4. The van der Waals surface area contributed by atoms with Crippen LogP contribution in [0.25, 0.3) is 0 Å². The molecule has 0 aliphatic heterocycles. The van der Waals surface area contributed by atoms with Crippen LogP contribution in [-0.4, -0.2) is 21.2 Å². The van der Waals surface area contributed by atoms with Gasteiger partial charge in [0.2, 0.25) is 0 Å². The Bertz CT molecular complexity index is 504. The standard InChI is InChI=1S/C10H10N4O2/c11-9-8(5-12-14-9)10(16)13-6-1-3-7(15)4-2-6/h1-5,15H,(H,13,16)(H3,11,12,14). The number of amides is 1. The van der Waals surface area contributed by atoms with Gasteiger partial charge in [-0.1, -0.05) is 0 Å². The van der Waals surface area contributed by atoms with Crippen LogP contribution in [0.5, 0.6) is 5.75 Å². The van der Waals surface area contributed by atoms with Gasteiger partial charge in [-0.3, -0.25) is 9.89 Å². The Kier molecular flexibility index (Phi) is 2.47. The van der Waals surface area contributed by atoms with Gasteiger partial charge in [0.15, 0.2) is 0 Å². The average Bonchev–Trinajstić information content (AvgIpc) is 2.68. The summed E-state index contributed by atoms with van der Waals surface area (Å²) in [5, 5.41) is 17.8. The summed E-state index contributed by atoms with van der Waals surface area (Å²) in [6, 6.07) is 6.13. The van der Waals surface area contributed by atoms with Gasteiger partial charge in [-0.2, -0.15) is 5.10 Å². The zero-order chi connectivity index (χ0) is 11.5. The highest BCUT2D eigenvalue weighted by Crippen LogP contribution is 2.15. The van der Waals surface area contributed by atoms with Crippen LogP contribution >= 0.6 is 0 Å². The molecule has 1 aromatic carbocycles. The molecule has 0 spiro atoms. The number of nitrogens with two attached hydrogens (primary N) is 1. The number of aromatic amines is 1. The molecule has 0 atom stereocenters. The van der Waals surface area contributed by atoms with Crippen molar-refractivity contribution in [2.45, 2.75) is 0 Å². The second-order valence-electron chi connectivity index (χ2n) is 3.20. The quantitative estimate of drug-likeness (QED) is 0.563. The summed E-state index contributed by atoms with van der Waals surface area (Å²) in [5.74, 6) is 0.00837. The van der Waals surface area contributed by atoms with Gasteiger partial charge in [0.05, 0.1) is 6.20 Å². The number of nitrogen functional groups attached to an aromatic ring is 1. The van der Waals surface area contributed by atoms with Crippen molar-refractivity contribution >= 4 is 17.4 Å². The number of aromatic nitrogens is 2. The lowest BCUT2D eigenvalue weighted by molar-refractivity contribution is 0.102. The predicted octanol–water partition coefficient (Wildman–Crippen LogP) is 0.950. The topological polar surface area (TPSA) is 104 Å². The summed E-state index contributed by atoms with van der Waals surface area (Å²) < 4.78 is 0. The van der Waals surface area contributed by atoms with E-state index in [9.17, 15) is 4.79 Å². The first-order valence-electron chi connectivity index (χ1n) is 4.56. The van der Waals surface area contributed by atoms with Gasteiger partial charge in [0.1, 0.15) is 17.1 Å². The first-order valence-corrected chi connectivity index (χ1v) is 4.56. The maximum absolute atomic E-state index is 11.7.